The molecule has 1 aromatic heterocycles. The molecule has 176 valence electrons. The molecule has 10 heteroatoms. The number of aliphatic hydroxyl groups excluding tert-OH is 1. The van der Waals surface area contributed by atoms with E-state index in [1.807, 2.05) is 42.5 Å². The molecule has 0 saturated carbocycles. The monoisotopic (exact) mass is 454 g/mol. The standard InChI is InChI=1S/C23H30N6O4/c1-23(22(31-3)32-4)21(30)20(17-12-16(24)10-11-18(17)33-23)29(13-15-8-6-5-7-9-15)14-19-25-27-28(2)26-19/h5-12,20-22,30H,13-14,24H2,1-4H3/t20-,21+,23-/m0/s1. The maximum atomic E-state index is 11.8. The Balaban J connectivity index is 1.82. The Morgan fingerprint density at radius 2 is 1.91 bits per heavy atom. The summed E-state index contributed by atoms with van der Waals surface area (Å²) in [5.74, 6) is 1.14. The van der Waals surface area contributed by atoms with Gasteiger partial charge in [0.1, 0.15) is 11.9 Å². The van der Waals surface area contributed by atoms with E-state index >= 15 is 0 Å². The summed E-state index contributed by atoms with van der Waals surface area (Å²) in [5.41, 5.74) is 7.36. The first kappa shape index (κ1) is 23.1. The molecule has 0 bridgehead atoms. The first-order valence-electron chi connectivity index (χ1n) is 10.7. The van der Waals surface area contributed by atoms with E-state index in [1.54, 1.807) is 20.0 Å². The molecule has 3 atom stereocenters. The first-order chi connectivity index (χ1) is 15.9. The molecule has 2 heterocycles. The van der Waals surface area contributed by atoms with E-state index in [0.717, 1.165) is 11.1 Å². The molecule has 0 radical (unpaired) electrons. The number of fused-ring (bicyclic) bond motifs is 1. The molecule has 3 aromatic rings. The van der Waals surface area contributed by atoms with Crippen LogP contribution in [0.15, 0.2) is 48.5 Å². The lowest BCUT2D eigenvalue weighted by molar-refractivity contribution is -0.246. The molecule has 33 heavy (non-hydrogen) atoms. The van der Waals surface area contributed by atoms with Gasteiger partial charge >= 0.3 is 0 Å². The van der Waals surface area contributed by atoms with E-state index in [9.17, 15) is 5.11 Å². The Bertz CT molecular complexity index is 1070. The number of aromatic nitrogens is 4. The number of benzene rings is 2. The van der Waals surface area contributed by atoms with E-state index in [-0.39, 0.29) is 0 Å². The number of anilines is 1. The van der Waals surface area contributed by atoms with Crippen molar-refractivity contribution < 1.29 is 19.3 Å². The molecule has 0 unspecified atom stereocenters. The zero-order valence-corrected chi connectivity index (χ0v) is 19.3. The molecular formula is C23H30N6O4. The Morgan fingerprint density at radius 1 is 1.18 bits per heavy atom. The number of nitrogens with two attached hydrogens (primary N) is 1. The number of ether oxygens (including phenoxy) is 3. The van der Waals surface area contributed by atoms with Gasteiger partial charge in [-0.3, -0.25) is 4.90 Å². The van der Waals surface area contributed by atoms with E-state index in [4.69, 9.17) is 19.9 Å². The second kappa shape index (κ2) is 9.44. The summed E-state index contributed by atoms with van der Waals surface area (Å²) in [7, 11) is 4.76. The Labute approximate surface area is 192 Å². The van der Waals surface area contributed by atoms with Crippen molar-refractivity contribution in [2.45, 2.75) is 44.1 Å². The van der Waals surface area contributed by atoms with Crippen LogP contribution in [-0.4, -0.2) is 62.4 Å². The zero-order valence-electron chi connectivity index (χ0n) is 19.3. The number of tetrazole rings is 1. The minimum Gasteiger partial charge on any atom is -0.479 e. The maximum absolute atomic E-state index is 11.8. The van der Waals surface area contributed by atoms with Gasteiger partial charge in [0.25, 0.3) is 0 Å². The van der Waals surface area contributed by atoms with Crippen molar-refractivity contribution in [1.82, 2.24) is 25.1 Å². The molecule has 10 nitrogen and oxygen atoms in total. The number of nitrogens with zero attached hydrogens (tertiary/aromatic N) is 5. The Morgan fingerprint density at radius 3 is 2.55 bits per heavy atom. The van der Waals surface area contributed by atoms with Crippen molar-refractivity contribution in [3.05, 3.63) is 65.5 Å². The van der Waals surface area contributed by atoms with Crippen molar-refractivity contribution in [2.24, 2.45) is 7.05 Å². The smallest absolute Gasteiger partial charge is 0.199 e. The number of methoxy groups -OCH3 is 2. The van der Waals surface area contributed by atoms with Gasteiger partial charge in [0.05, 0.1) is 19.6 Å². The lowest BCUT2D eigenvalue weighted by atomic mass is 9.83. The van der Waals surface area contributed by atoms with Crippen LogP contribution in [0.25, 0.3) is 0 Å². The van der Waals surface area contributed by atoms with Crippen LogP contribution in [0.4, 0.5) is 5.69 Å². The molecule has 0 amide bonds. The summed E-state index contributed by atoms with van der Waals surface area (Å²) in [6.45, 7) is 2.65. The molecule has 1 aliphatic rings. The molecule has 0 fully saturated rings. The molecule has 3 N–H and O–H groups in total. The highest BCUT2D eigenvalue weighted by molar-refractivity contribution is 5.51. The minimum absolute atomic E-state index is 0.347. The fourth-order valence-corrected chi connectivity index (χ4v) is 4.46. The highest BCUT2D eigenvalue weighted by atomic mass is 16.7. The van der Waals surface area contributed by atoms with E-state index in [2.05, 4.69) is 20.3 Å². The lowest BCUT2D eigenvalue weighted by Crippen LogP contribution is -2.62. The summed E-state index contributed by atoms with van der Waals surface area (Å²) >= 11 is 0. The van der Waals surface area contributed by atoms with Crippen LogP contribution >= 0.6 is 0 Å². The Kier molecular flexibility index (Phi) is 6.61. The van der Waals surface area contributed by atoms with Crippen LogP contribution in [0.2, 0.25) is 0 Å². The third-order valence-electron chi connectivity index (χ3n) is 5.98. The molecule has 1 aliphatic heterocycles. The quantitative estimate of drug-likeness (QED) is 0.387. The van der Waals surface area contributed by atoms with Gasteiger partial charge in [0, 0.05) is 32.0 Å². The summed E-state index contributed by atoms with van der Waals surface area (Å²) in [4.78, 5) is 3.51. The number of aliphatic hydroxyl groups is 1. The van der Waals surface area contributed by atoms with Crippen LogP contribution in [-0.2, 0) is 29.6 Å². The van der Waals surface area contributed by atoms with E-state index in [0.29, 0.717) is 30.4 Å². The number of rotatable bonds is 8. The van der Waals surface area contributed by atoms with Gasteiger partial charge in [0.15, 0.2) is 17.7 Å². The largest absolute Gasteiger partial charge is 0.479 e. The fourth-order valence-electron chi connectivity index (χ4n) is 4.46. The van der Waals surface area contributed by atoms with Crippen molar-refractivity contribution in [1.29, 1.82) is 0 Å². The van der Waals surface area contributed by atoms with Crippen LogP contribution in [0.1, 0.15) is 29.9 Å². The zero-order chi connectivity index (χ0) is 23.6. The van der Waals surface area contributed by atoms with E-state index < -0.39 is 24.0 Å². The molecule has 2 aromatic carbocycles. The summed E-state index contributed by atoms with van der Waals surface area (Å²) in [5, 5.41) is 24.2. The molecule has 4 rings (SSSR count). The van der Waals surface area contributed by atoms with Gasteiger partial charge in [-0.15, -0.1) is 10.2 Å². The summed E-state index contributed by atoms with van der Waals surface area (Å²) in [6, 6.07) is 14.9. The third-order valence-corrected chi connectivity index (χ3v) is 5.98. The lowest BCUT2D eigenvalue weighted by Gasteiger charge is -2.49. The predicted molar refractivity (Wildman–Crippen MR) is 121 cm³/mol. The van der Waals surface area contributed by atoms with Crippen LogP contribution in [0, 0.1) is 0 Å². The second-order valence-electron chi connectivity index (χ2n) is 8.36. The van der Waals surface area contributed by atoms with Gasteiger partial charge in [-0.05, 0) is 35.9 Å². The van der Waals surface area contributed by atoms with Gasteiger partial charge in [-0.25, -0.2) is 0 Å². The van der Waals surface area contributed by atoms with Gasteiger partial charge in [-0.2, -0.15) is 4.80 Å². The van der Waals surface area contributed by atoms with Gasteiger partial charge in [0.2, 0.25) is 0 Å². The average molecular weight is 455 g/mol. The Hall–Kier alpha value is -3.05. The van der Waals surface area contributed by atoms with Crippen LogP contribution in [0.5, 0.6) is 5.75 Å². The number of nitrogen functional groups attached to an aromatic ring is 1. The predicted octanol–water partition coefficient (Wildman–Crippen LogP) is 1.67. The highest BCUT2D eigenvalue weighted by Gasteiger charge is 2.53. The van der Waals surface area contributed by atoms with Crippen LogP contribution in [0.3, 0.4) is 0 Å². The maximum Gasteiger partial charge on any atom is 0.199 e. The molecule has 0 saturated heterocycles. The number of hydrogen-bond donors (Lipinski definition) is 2. The fraction of sp³-hybridized carbons (Fsp3) is 0.435. The van der Waals surface area contributed by atoms with Crippen molar-refractivity contribution in [3.8, 4) is 5.75 Å². The van der Waals surface area contributed by atoms with E-state index in [1.165, 1.54) is 19.0 Å². The van der Waals surface area contributed by atoms with Gasteiger partial charge in [-0.1, -0.05) is 30.3 Å². The van der Waals surface area contributed by atoms with Crippen molar-refractivity contribution in [2.75, 3.05) is 20.0 Å². The van der Waals surface area contributed by atoms with Crippen LogP contribution < -0.4 is 10.5 Å². The third kappa shape index (κ3) is 4.55. The number of hydrogen-bond acceptors (Lipinski definition) is 9. The molecular weight excluding hydrogens is 424 g/mol. The average Bonchev–Trinajstić information content (AvgIpc) is 3.21. The minimum atomic E-state index is -1.19. The SMILES string of the molecule is COC(OC)[C@@]1(C)Oc2ccc(N)cc2[C@H](N(Cc2ccccc2)Cc2nnn(C)n2)[C@H]1O. The number of aryl methyl sites for hydroxylation is 1. The molecule has 0 spiro atoms. The summed E-state index contributed by atoms with van der Waals surface area (Å²) < 4.78 is 17.3. The molecule has 0 aliphatic carbocycles. The topological polar surface area (TPSA) is 121 Å². The summed E-state index contributed by atoms with van der Waals surface area (Å²) in [6.07, 6.45) is -1.84. The second-order valence-corrected chi connectivity index (χ2v) is 8.36. The van der Waals surface area contributed by atoms with Crippen molar-refractivity contribution in [3.63, 3.8) is 0 Å². The first-order valence-corrected chi connectivity index (χ1v) is 10.7. The normalized spacial score (nSPS) is 22.4. The van der Waals surface area contributed by atoms with Gasteiger partial charge < -0.3 is 25.1 Å². The highest BCUT2D eigenvalue weighted by Crippen LogP contribution is 2.46. The van der Waals surface area contributed by atoms with Crippen molar-refractivity contribution >= 4 is 5.69 Å².